The molecule has 0 radical (unpaired) electrons. The van der Waals surface area contributed by atoms with E-state index in [0.717, 1.165) is 22.7 Å². The summed E-state index contributed by atoms with van der Waals surface area (Å²) in [7, 11) is 0. The molecule has 11 heteroatoms. The maximum Gasteiger partial charge on any atom is 0.435 e. The minimum Gasteiger partial charge on any atom is -0.418 e. The first-order valence-electron chi connectivity index (χ1n) is 8.60. The van der Waals surface area contributed by atoms with Crippen LogP contribution in [-0.4, -0.2) is 37.3 Å². The van der Waals surface area contributed by atoms with Crippen molar-refractivity contribution in [1.29, 1.82) is 0 Å². The molecule has 28 heavy (non-hydrogen) atoms. The highest BCUT2D eigenvalue weighted by Gasteiger charge is 2.36. The number of thiophene rings is 1. The number of amides is 1. The number of hydrogen-bond donors (Lipinski definition) is 0. The van der Waals surface area contributed by atoms with Gasteiger partial charge in [-0.3, -0.25) is 9.48 Å². The van der Waals surface area contributed by atoms with E-state index in [0.29, 0.717) is 24.7 Å². The summed E-state index contributed by atoms with van der Waals surface area (Å²) < 4.78 is 45.3. The van der Waals surface area contributed by atoms with Gasteiger partial charge in [-0.1, -0.05) is 0 Å². The fourth-order valence-corrected chi connectivity index (χ4v) is 3.85. The van der Waals surface area contributed by atoms with Gasteiger partial charge in [0.1, 0.15) is 12.6 Å². The summed E-state index contributed by atoms with van der Waals surface area (Å²) in [5.41, 5.74) is 0.0773. The van der Waals surface area contributed by atoms with Crippen molar-refractivity contribution in [2.75, 3.05) is 6.54 Å². The Labute approximate surface area is 161 Å². The number of aromatic nitrogens is 4. The number of likely N-dealkylation sites (tertiary alicyclic amines) is 1. The Balaban J connectivity index is 1.51. The second kappa shape index (κ2) is 7.04. The van der Waals surface area contributed by atoms with Crippen molar-refractivity contribution in [2.24, 2.45) is 0 Å². The summed E-state index contributed by atoms with van der Waals surface area (Å²) in [5.74, 6) is 0.381. The molecule has 7 nitrogen and oxygen atoms in total. The number of aryl methyl sites for hydroxylation is 1. The number of hydrogen-bond acceptors (Lipinski definition) is 6. The molecule has 1 atom stereocenters. The summed E-state index contributed by atoms with van der Waals surface area (Å²) in [6.45, 7) is 1.69. The molecule has 1 amide bonds. The summed E-state index contributed by atoms with van der Waals surface area (Å²) in [4.78, 5) is 14.3. The first-order chi connectivity index (χ1) is 13.3. The Morgan fingerprint density at radius 2 is 2.21 bits per heavy atom. The van der Waals surface area contributed by atoms with E-state index in [-0.39, 0.29) is 24.2 Å². The van der Waals surface area contributed by atoms with Crippen LogP contribution in [0.3, 0.4) is 0 Å². The third-order valence-corrected chi connectivity index (χ3v) is 5.31. The molecule has 0 spiro atoms. The standard InChI is InChI=1S/C17H16F3N5O2S/c1-10-7-13(17(18,19)20)23-25(10)8-14(26)24-5-2-3-12(24)16-22-21-15(27-16)11-4-6-28-9-11/h4,6-7,9,12H,2-3,5,8H2,1H3/t12-/m0/s1. The molecule has 0 N–H and O–H groups in total. The zero-order chi connectivity index (χ0) is 19.9. The van der Waals surface area contributed by atoms with Crippen LogP contribution in [-0.2, 0) is 17.5 Å². The second-order valence-electron chi connectivity index (χ2n) is 6.53. The molecule has 0 saturated carbocycles. The predicted molar refractivity (Wildman–Crippen MR) is 93.3 cm³/mol. The number of carbonyl (C=O) groups excluding carboxylic acids is 1. The molecular formula is C17H16F3N5O2S. The molecule has 1 aliphatic heterocycles. The van der Waals surface area contributed by atoms with Crippen LogP contribution in [0.25, 0.3) is 11.5 Å². The molecule has 1 aliphatic rings. The molecule has 0 aromatic carbocycles. The van der Waals surface area contributed by atoms with Crippen molar-refractivity contribution in [1.82, 2.24) is 24.9 Å². The van der Waals surface area contributed by atoms with Crippen LogP contribution >= 0.6 is 11.3 Å². The third-order valence-electron chi connectivity index (χ3n) is 4.62. The smallest absolute Gasteiger partial charge is 0.418 e. The van der Waals surface area contributed by atoms with E-state index in [2.05, 4.69) is 15.3 Å². The lowest BCUT2D eigenvalue weighted by Crippen LogP contribution is -2.34. The Morgan fingerprint density at radius 1 is 1.39 bits per heavy atom. The summed E-state index contributed by atoms with van der Waals surface area (Å²) >= 11 is 1.51. The van der Waals surface area contributed by atoms with Gasteiger partial charge in [0.25, 0.3) is 0 Å². The molecule has 4 heterocycles. The van der Waals surface area contributed by atoms with Crippen molar-refractivity contribution in [3.05, 3.63) is 40.2 Å². The second-order valence-corrected chi connectivity index (χ2v) is 7.31. The maximum atomic E-state index is 12.8. The number of halogens is 3. The summed E-state index contributed by atoms with van der Waals surface area (Å²) in [6, 6.07) is 2.41. The van der Waals surface area contributed by atoms with Gasteiger partial charge in [-0.2, -0.15) is 29.6 Å². The fourth-order valence-electron chi connectivity index (χ4n) is 3.22. The maximum absolute atomic E-state index is 12.8. The fraction of sp³-hybridized carbons (Fsp3) is 0.412. The first-order valence-corrected chi connectivity index (χ1v) is 9.54. The highest BCUT2D eigenvalue weighted by molar-refractivity contribution is 7.08. The Morgan fingerprint density at radius 3 is 2.89 bits per heavy atom. The normalized spacial score (nSPS) is 17.4. The van der Waals surface area contributed by atoms with Crippen LogP contribution in [0.1, 0.15) is 36.2 Å². The van der Waals surface area contributed by atoms with Gasteiger partial charge >= 0.3 is 6.18 Å². The van der Waals surface area contributed by atoms with E-state index < -0.39 is 11.9 Å². The van der Waals surface area contributed by atoms with Crippen LogP contribution in [0.2, 0.25) is 0 Å². The molecule has 148 valence electrons. The zero-order valence-electron chi connectivity index (χ0n) is 14.8. The van der Waals surface area contributed by atoms with Gasteiger partial charge in [0.15, 0.2) is 5.69 Å². The Hall–Kier alpha value is -2.69. The minimum atomic E-state index is -4.54. The quantitative estimate of drug-likeness (QED) is 0.655. The van der Waals surface area contributed by atoms with Gasteiger partial charge in [0.05, 0.1) is 0 Å². The van der Waals surface area contributed by atoms with Crippen molar-refractivity contribution in [3.63, 3.8) is 0 Å². The van der Waals surface area contributed by atoms with Gasteiger partial charge in [-0.05, 0) is 37.3 Å². The van der Waals surface area contributed by atoms with Crippen molar-refractivity contribution in [3.8, 4) is 11.5 Å². The van der Waals surface area contributed by atoms with E-state index in [9.17, 15) is 18.0 Å². The highest BCUT2D eigenvalue weighted by Crippen LogP contribution is 2.33. The molecule has 0 unspecified atom stereocenters. The van der Waals surface area contributed by atoms with Crippen LogP contribution < -0.4 is 0 Å². The summed E-state index contributed by atoms with van der Waals surface area (Å²) in [5, 5.41) is 15.4. The van der Waals surface area contributed by atoms with Gasteiger partial charge in [-0.15, -0.1) is 10.2 Å². The van der Waals surface area contributed by atoms with E-state index >= 15 is 0 Å². The van der Waals surface area contributed by atoms with Crippen molar-refractivity contribution < 1.29 is 22.4 Å². The molecule has 4 rings (SSSR count). The number of alkyl halides is 3. The van der Waals surface area contributed by atoms with Crippen molar-refractivity contribution >= 4 is 17.2 Å². The van der Waals surface area contributed by atoms with Gasteiger partial charge < -0.3 is 9.32 Å². The Kier molecular flexibility index (Phi) is 4.69. The van der Waals surface area contributed by atoms with Gasteiger partial charge in [0, 0.05) is 23.2 Å². The van der Waals surface area contributed by atoms with E-state index in [4.69, 9.17) is 4.42 Å². The molecule has 3 aromatic rings. The third kappa shape index (κ3) is 3.53. The van der Waals surface area contributed by atoms with Crippen molar-refractivity contribution in [2.45, 2.75) is 38.5 Å². The van der Waals surface area contributed by atoms with Gasteiger partial charge in [0.2, 0.25) is 17.7 Å². The zero-order valence-corrected chi connectivity index (χ0v) is 15.6. The first kappa shape index (κ1) is 18.7. The van der Waals surface area contributed by atoms with Crippen LogP contribution in [0.4, 0.5) is 13.2 Å². The lowest BCUT2D eigenvalue weighted by Gasteiger charge is -2.22. The number of nitrogens with zero attached hydrogens (tertiary/aromatic N) is 5. The van der Waals surface area contributed by atoms with E-state index in [1.165, 1.54) is 18.3 Å². The van der Waals surface area contributed by atoms with Crippen LogP contribution in [0.5, 0.6) is 0 Å². The minimum absolute atomic E-state index is 0.272. The van der Waals surface area contributed by atoms with Gasteiger partial charge in [-0.25, -0.2) is 0 Å². The van der Waals surface area contributed by atoms with Crippen LogP contribution in [0.15, 0.2) is 27.3 Å². The molecule has 1 saturated heterocycles. The molecule has 0 aliphatic carbocycles. The average Bonchev–Trinajstić information content (AvgIpc) is 3.41. The number of carbonyl (C=O) groups is 1. The molecule has 0 bridgehead atoms. The van der Waals surface area contributed by atoms with E-state index in [1.807, 2.05) is 16.8 Å². The average molecular weight is 411 g/mol. The topological polar surface area (TPSA) is 77.1 Å². The molecular weight excluding hydrogens is 395 g/mol. The largest absolute Gasteiger partial charge is 0.435 e. The molecule has 1 fully saturated rings. The van der Waals surface area contributed by atoms with Crippen LogP contribution in [0, 0.1) is 6.92 Å². The molecule has 3 aromatic heterocycles. The predicted octanol–water partition coefficient (Wildman–Crippen LogP) is 3.69. The Bertz CT molecular complexity index is 979. The summed E-state index contributed by atoms with van der Waals surface area (Å²) in [6.07, 6.45) is -3.14. The number of rotatable bonds is 4. The lowest BCUT2D eigenvalue weighted by molar-refractivity contribution is -0.142. The van der Waals surface area contributed by atoms with E-state index in [1.54, 1.807) is 4.90 Å². The SMILES string of the molecule is Cc1cc(C(F)(F)F)nn1CC(=O)N1CCC[C@H]1c1nnc(-c2ccsc2)o1. The monoisotopic (exact) mass is 411 g/mol. The lowest BCUT2D eigenvalue weighted by atomic mass is 10.2. The highest BCUT2D eigenvalue weighted by atomic mass is 32.1.